The van der Waals surface area contributed by atoms with Gasteiger partial charge in [-0.1, -0.05) is 5.16 Å². The zero-order chi connectivity index (χ0) is 14.3. The summed E-state index contributed by atoms with van der Waals surface area (Å²) in [6.45, 7) is 1.87. The minimum Gasteiger partial charge on any atom is -0.343 e. The molecule has 0 amide bonds. The van der Waals surface area contributed by atoms with E-state index in [0.29, 0.717) is 17.2 Å². The van der Waals surface area contributed by atoms with Gasteiger partial charge in [0.05, 0.1) is 17.4 Å². The van der Waals surface area contributed by atoms with Crippen LogP contribution in [0.15, 0.2) is 23.0 Å². The molecule has 3 aromatic rings. The molecule has 20 heavy (non-hydrogen) atoms. The molecule has 2 aromatic heterocycles. The second kappa shape index (κ2) is 4.82. The maximum atomic E-state index is 13.8. The lowest BCUT2D eigenvalue weighted by Crippen LogP contribution is -2.07. The third-order valence-corrected chi connectivity index (χ3v) is 3.06. The first-order valence-electron chi connectivity index (χ1n) is 5.80. The first-order chi connectivity index (χ1) is 9.56. The Labute approximate surface area is 117 Å². The molecule has 8 heteroatoms. The van der Waals surface area contributed by atoms with Crippen molar-refractivity contribution in [3.8, 4) is 0 Å². The molecule has 0 spiro atoms. The minimum absolute atomic E-state index is 0.0670. The first-order valence-corrected chi connectivity index (χ1v) is 6.24. The Morgan fingerprint density at radius 3 is 2.85 bits per heavy atom. The molecule has 0 fully saturated rings. The van der Waals surface area contributed by atoms with Crippen molar-refractivity contribution in [2.24, 2.45) is 0 Å². The number of nitrogens with zero attached hydrogens (tertiary/aromatic N) is 4. The zero-order valence-corrected chi connectivity index (χ0v) is 11.1. The predicted molar refractivity (Wildman–Crippen MR) is 67.3 cm³/mol. The summed E-state index contributed by atoms with van der Waals surface area (Å²) >= 11 is 6.05. The number of halogens is 3. The molecule has 0 aliphatic heterocycles. The van der Waals surface area contributed by atoms with Gasteiger partial charge >= 0.3 is 0 Å². The third-order valence-electron chi connectivity index (χ3n) is 2.86. The minimum atomic E-state index is -0.731. The van der Waals surface area contributed by atoms with Gasteiger partial charge in [0.15, 0.2) is 11.6 Å². The number of benzene rings is 1. The number of fused-ring (bicyclic) bond motifs is 1. The van der Waals surface area contributed by atoms with Crippen LogP contribution in [0.1, 0.15) is 23.9 Å². The molecule has 5 nitrogen and oxygen atoms in total. The van der Waals surface area contributed by atoms with Crippen LogP contribution in [0.25, 0.3) is 11.0 Å². The quantitative estimate of drug-likeness (QED) is 0.697. The molecular weight excluding hydrogens is 290 g/mol. The second-order valence-corrected chi connectivity index (χ2v) is 4.93. The Morgan fingerprint density at radius 2 is 2.20 bits per heavy atom. The van der Waals surface area contributed by atoms with Crippen LogP contribution in [0.4, 0.5) is 8.78 Å². The molecule has 0 saturated heterocycles. The highest BCUT2D eigenvalue weighted by Gasteiger charge is 2.19. The highest BCUT2D eigenvalue weighted by Crippen LogP contribution is 2.27. The summed E-state index contributed by atoms with van der Waals surface area (Å²) < 4.78 is 33.4. The fraction of sp³-hybridized carbons (Fsp3) is 0.250. The van der Waals surface area contributed by atoms with E-state index in [9.17, 15) is 8.78 Å². The van der Waals surface area contributed by atoms with Gasteiger partial charge in [-0.25, -0.2) is 13.8 Å². The number of hydrogen-bond acceptors (Lipinski definition) is 4. The molecule has 0 radical (unpaired) electrons. The molecule has 1 unspecified atom stereocenters. The highest BCUT2D eigenvalue weighted by molar-refractivity contribution is 6.20. The number of imidazole rings is 1. The molecule has 0 saturated carbocycles. The van der Waals surface area contributed by atoms with Crippen molar-refractivity contribution in [1.82, 2.24) is 19.7 Å². The van der Waals surface area contributed by atoms with Gasteiger partial charge in [0.2, 0.25) is 6.39 Å². The molecule has 1 aromatic carbocycles. The van der Waals surface area contributed by atoms with E-state index >= 15 is 0 Å². The van der Waals surface area contributed by atoms with Crippen molar-refractivity contribution in [1.29, 1.82) is 0 Å². The molecule has 0 bridgehead atoms. The van der Waals surface area contributed by atoms with Crippen LogP contribution in [-0.4, -0.2) is 19.7 Å². The molecule has 3 rings (SSSR count). The first kappa shape index (κ1) is 13.0. The topological polar surface area (TPSA) is 56.7 Å². The van der Waals surface area contributed by atoms with Crippen LogP contribution in [0.2, 0.25) is 0 Å². The summed E-state index contributed by atoms with van der Waals surface area (Å²) in [5.74, 6) is -0.632. The summed E-state index contributed by atoms with van der Waals surface area (Å²) in [7, 11) is 0. The van der Waals surface area contributed by atoms with E-state index < -0.39 is 17.0 Å². The van der Waals surface area contributed by atoms with Gasteiger partial charge in [-0.05, 0) is 13.0 Å². The normalized spacial score (nSPS) is 13.0. The lowest BCUT2D eigenvalue weighted by Gasteiger charge is -2.07. The highest BCUT2D eigenvalue weighted by atomic mass is 35.5. The fourth-order valence-electron chi connectivity index (χ4n) is 2.04. The molecule has 104 valence electrons. The monoisotopic (exact) mass is 298 g/mol. The van der Waals surface area contributed by atoms with Crippen molar-refractivity contribution in [3.63, 3.8) is 0 Å². The molecule has 0 N–H and O–H groups in total. The van der Waals surface area contributed by atoms with Crippen molar-refractivity contribution in [2.45, 2.75) is 18.8 Å². The van der Waals surface area contributed by atoms with Crippen LogP contribution >= 0.6 is 11.6 Å². The second-order valence-electron chi connectivity index (χ2n) is 4.27. The zero-order valence-electron chi connectivity index (χ0n) is 10.3. The molecule has 2 heterocycles. The number of aromatic nitrogens is 4. The molecule has 0 aliphatic carbocycles. The van der Waals surface area contributed by atoms with E-state index in [1.54, 1.807) is 11.5 Å². The summed E-state index contributed by atoms with van der Waals surface area (Å²) in [4.78, 5) is 8.02. The van der Waals surface area contributed by atoms with Gasteiger partial charge in [0.1, 0.15) is 17.2 Å². The van der Waals surface area contributed by atoms with Crippen molar-refractivity contribution in [3.05, 3.63) is 41.8 Å². The Balaban J connectivity index is 2.23. The number of alkyl halides is 1. The van der Waals surface area contributed by atoms with E-state index in [1.807, 2.05) is 0 Å². The summed E-state index contributed by atoms with van der Waals surface area (Å²) in [5, 5.41) is 3.20. The Bertz CT molecular complexity index is 754. The van der Waals surface area contributed by atoms with Gasteiger partial charge in [-0.15, -0.1) is 11.6 Å². The standard InChI is InChI=1S/C12H9ClF2N4O/c1-6(13)12-17-11-8(15)2-7(14)3-9(11)19(12)4-10-16-5-20-18-10/h2-3,5-6H,4H2,1H3. The molecule has 1 atom stereocenters. The van der Waals surface area contributed by atoms with Crippen LogP contribution in [0.3, 0.4) is 0 Å². The summed E-state index contributed by atoms with van der Waals surface area (Å²) in [6, 6.07) is 1.99. The van der Waals surface area contributed by atoms with E-state index in [1.165, 1.54) is 12.5 Å². The SMILES string of the molecule is CC(Cl)c1nc2c(F)cc(F)cc2n1Cc1ncon1. The third kappa shape index (κ3) is 2.14. The molecular formula is C12H9ClF2N4O. The average Bonchev–Trinajstić information content (AvgIpc) is 2.98. The number of rotatable bonds is 3. The van der Waals surface area contributed by atoms with Crippen LogP contribution < -0.4 is 0 Å². The van der Waals surface area contributed by atoms with Crippen molar-refractivity contribution >= 4 is 22.6 Å². The van der Waals surface area contributed by atoms with Gasteiger partial charge in [0, 0.05) is 6.07 Å². The van der Waals surface area contributed by atoms with E-state index in [2.05, 4.69) is 19.6 Å². The Kier molecular flexibility index (Phi) is 3.13. The average molecular weight is 299 g/mol. The lowest BCUT2D eigenvalue weighted by molar-refractivity contribution is 0.408. The van der Waals surface area contributed by atoms with E-state index in [4.69, 9.17) is 11.6 Å². The van der Waals surface area contributed by atoms with Gasteiger partial charge < -0.3 is 9.09 Å². The smallest absolute Gasteiger partial charge is 0.213 e. The maximum absolute atomic E-state index is 13.8. The van der Waals surface area contributed by atoms with Crippen molar-refractivity contribution < 1.29 is 13.3 Å². The van der Waals surface area contributed by atoms with Gasteiger partial charge in [-0.3, -0.25) is 0 Å². The van der Waals surface area contributed by atoms with E-state index in [-0.39, 0.29) is 12.1 Å². The van der Waals surface area contributed by atoms with Gasteiger partial charge in [0.25, 0.3) is 0 Å². The largest absolute Gasteiger partial charge is 0.343 e. The van der Waals surface area contributed by atoms with E-state index in [0.717, 1.165) is 6.07 Å². The van der Waals surface area contributed by atoms with Crippen LogP contribution in [-0.2, 0) is 6.54 Å². The Morgan fingerprint density at radius 1 is 1.40 bits per heavy atom. The number of hydrogen-bond donors (Lipinski definition) is 0. The summed E-state index contributed by atoms with van der Waals surface area (Å²) in [5.41, 5.74) is 0.368. The fourth-order valence-corrected chi connectivity index (χ4v) is 2.21. The van der Waals surface area contributed by atoms with Gasteiger partial charge in [-0.2, -0.15) is 4.98 Å². The Hall–Kier alpha value is -2.02. The molecule has 0 aliphatic rings. The maximum Gasteiger partial charge on any atom is 0.213 e. The van der Waals surface area contributed by atoms with Crippen LogP contribution in [0.5, 0.6) is 0 Å². The summed E-state index contributed by atoms with van der Waals surface area (Å²) in [6.07, 6.45) is 1.18. The predicted octanol–water partition coefficient (Wildman–Crippen LogP) is 3.05. The van der Waals surface area contributed by atoms with Crippen LogP contribution in [0, 0.1) is 11.6 Å². The lowest BCUT2D eigenvalue weighted by atomic mass is 10.3. The van der Waals surface area contributed by atoms with Crippen molar-refractivity contribution in [2.75, 3.05) is 0 Å².